The zero-order chi connectivity index (χ0) is 11.3. The number of hydrogen-bond donors (Lipinski definition) is 4. The lowest BCUT2D eigenvalue weighted by molar-refractivity contribution is -0.138. The first-order valence-corrected chi connectivity index (χ1v) is 4.09. The van der Waals surface area contributed by atoms with Crippen molar-refractivity contribution in [2.45, 2.75) is 19.5 Å². The molecule has 0 bridgehead atoms. The fourth-order valence-electron chi connectivity index (χ4n) is 0.726. The molecule has 9 heteroatoms. The van der Waals surface area contributed by atoms with E-state index in [0.717, 1.165) is 0 Å². The molecule has 1 aromatic heterocycles. The highest BCUT2D eigenvalue weighted by atomic mass is 16.4. The second-order valence-corrected chi connectivity index (χ2v) is 2.71. The number of hydrogen-bond acceptors (Lipinski definition) is 5. The van der Waals surface area contributed by atoms with Crippen molar-refractivity contribution in [2.75, 3.05) is 0 Å². The molecule has 4 N–H and O–H groups in total. The van der Waals surface area contributed by atoms with Gasteiger partial charge in [0, 0.05) is 0 Å². The van der Waals surface area contributed by atoms with E-state index in [4.69, 9.17) is 5.11 Å². The van der Waals surface area contributed by atoms with E-state index in [1.165, 1.54) is 6.92 Å². The first-order chi connectivity index (χ1) is 7.09. The van der Waals surface area contributed by atoms with Gasteiger partial charge >= 0.3 is 12.0 Å². The molecule has 0 aromatic carbocycles. The summed E-state index contributed by atoms with van der Waals surface area (Å²) in [6.45, 7) is 1.44. The highest BCUT2D eigenvalue weighted by Gasteiger charge is 2.13. The minimum atomic E-state index is -1.11. The summed E-state index contributed by atoms with van der Waals surface area (Å²) >= 11 is 0. The minimum Gasteiger partial charge on any atom is -0.480 e. The molecule has 1 aromatic rings. The van der Waals surface area contributed by atoms with E-state index in [-0.39, 0.29) is 6.54 Å². The minimum absolute atomic E-state index is 0.0780. The second kappa shape index (κ2) is 4.88. The summed E-state index contributed by atoms with van der Waals surface area (Å²) in [7, 11) is 0. The molecule has 2 amide bonds. The number of amides is 2. The van der Waals surface area contributed by atoms with Crippen LogP contribution in [0.5, 0.6) is 0 Å². The molecule has 1 atom stereocenters. The predicted molar refractivity (Wildman–Crippen MR) is 46.6 cm³/mol. The molecule has 0 radical (unpaired) electrons. The van der Waals surface area contributed by atoms with Gasteiger partial charge in [0.05, 0.1) is 6.54 Å². The number of carboxylic acid groups (broad SMARTS) is 1. The maximum absolute atomic E-state index is 11.1. The van der Waals surface area contributed by atoms with Crippen LogP contribution in [0.2, 0.25) is 0 Å². The van der Waals surface area contributed by atoms with Gasteiger partial charge < -0.3 is 15.7 Å². The molecule has 0 saturated carbocycles. The molecular formula is C6H10N6O3. The molecule has 0 saturated heterocycles. The van der Waals surface area contributed by atoms with Crippen molar-refractivity contribution < 1.29 is 14.7 Å². The molecule has 1 heterocycles. The first kappa shape index (κ1) is 10.9. The lowest BCUT2D eigenvalue weighted by Gasteiger charge is -2.09. The molecule has 82 valence electrons. The van der Waals surface area contributed by atoms with Gasteiger partial charge in [-0.2, -0.15) is 5.21 Å². The summed E-state index contributed by atoms with van der Waals surface area (Å²) in [5.41, 5.74) is 0. The fraction of sp³-hybridized carbons (Fsp3) is 0.500. The van der Waals surface area contributed by atoms with Gasteiger partial charge in [-0.15, -0.1) is 10.2 Å². The average Bonchev–Trinajstić information content (AvgIpc) is 2.66. The van der Waals surface area contributed by atoms with Gasteiger partial charge in [0.15, 0.2) is 5.82 Å². The number of carboxylic acids is 1. The van der Waals surface area contributed by atoms with Gasteiger partial charge in [-0.05, 0) is 6.92 Å². The van der Waals surface area contributed by atoms with E-state index >= 15 is 0 Å². The quantitative estimate of drug-likeness (QED) is 0.480. The van der Waals surface area contributed by atoms with Crippen LogP contribution in [0.1, 0.15) is 12.7 Å². The normalized spacial score (nSPS) is 11.8. The van der Waals surface area contributed by atoms with Gasteiger partial charge in [0.1, 0.15) is 6.04 Å². The van der Waals surface area contributed by atoms with Crippen LogP contribution in [-0.4, -0.2) is 43.8 Å². The Balaban J connectivity index is 2.28. The second-order valence-electron chi connectivity index (χ2n) is 2.71. The van der Waals surface area contributed by atoms with Crippen molar-refractivity contribution in [1.82, 2.24) is 31.3 Å². The van der Waals surface area contributed by atoms with E-state index in [9.17, 15) is 9.59 Å². The van der Waals surface area contributed by atoms with Crippen LogP contribution in [0.15, 0.2) is 0 Å². The Morgan fingerprint density at radius 1 is 1.60 bits per heavy atom. The topological polar surface area (TPSA) is 133 Å². The molecule has 0 aliphatic rings. The third-order valence-electron chi connectivity index (χ3n) is 1.51. The summed E-state index contributed by atoms with van der Waals surface area (Å²) in [5.74, 6) is -0.794. The molecule has 0 aliphatic heterocycles. The number of nitrogens with one attached hydrogen (secondary N) is 3. The Kier molecular flexibility index (Phi) is 3.55. The van der Waals surface area contributed by atoms with Crippen molar-refractivity contribution in [1.29, 1.82) is 0 Å². The van der Waals surface area contributed by atoms with Gasteiger partial charge in [0.2, 0.25) is 0 Å². The summed E-state index contributed by atoms with van der Waals surface area (Å²) < 4.78 is 0. The van der Waals surface area contributed by atoms with Crippen LogP contribution in [0, 0.1) is 0 Å². The van der Waals surface area contributed by atoms with Gasteiger partial charge in [0.25, 0.3) is 0 Å². The zero-order valence-electron chi connectivity index (χ0n) is 7.89. The van der Waals surface area contributed by atoms with E-state index in [1.807, 2.05) is 0 Å². The van der Waals surface area contributed by atoms with Crippen molar-refractivity contribution in [3.05, 3.63) is 5.82 Å². The van der Waals surface area contributed by atoms with Crippen LogP contribution < -0.4 is 10.6 Å². The van der Waals surface area contributed by atoms with Gasteiger partial charge in [-0.25, -0.2) is 4.79 Å². The monoisotopic (exact) mass is 214 g/mol. The lowest BCUT2D eigenvalue weighted by atomic mass is 10.3. The zero-order valence-corrected chi connectivity index (χ0v) is 7.89. The summed E-state index contributed by atoms with van der Waals surface area (Å²) in [5, 5.41) is 25.8. The number of carbonyl (C=O) groups excluding carboxylic acids is 1. The average molecular weight is 214 g/mol. The molecule has 1 rings (SSSR count). The SMILES string of the molecule is C[C@@H](NC(=O)NCc1nn[nH]n1)C(=O)O. The van der Waals surface area contributed by atoms with Crippen molar-refractivity contribution in [3.8, 4) is 0 Å². The maximum Gasteiger partial charge on any atom is 0.325 e. The van der Waals surface area contributed by atoms with Crippen LogP contribution >= 0.6 is 0 Å². The van der Waals surface area contributed by atoms with Crippen LogP contribution in [0.4, 0.5) is 4.79 Å². The van der Waals surface area contributed by atoms with E-state index in [0.29, 0.717) is 5.82 Å². The third-order valence-corrected chi connectivity index (χ3v) is 1.51. The summed E-state index contributed by atoms with van der Waals surface area (Å²) in [4.78, 5) is 21.5. The Labute approximate surface area is 84.2 Å². The highest BCUT2D eigenvalue weighted by Crippen LogP contribution is 1.84. The van der Waals surface area contributed by atoms with Crippen molar-refractivity contribution in [2.24, 2.45) is 0 Å². The van der Waals surface area contributed by atoms with E-state index < -0.39 is 18.0 Å². The number of carbonyl (C=O) groups is 2. The molecular weight excluding hydrogens is 204 g/mol. The largest absolute Gasteiger partial charge is 0.480 e. The highest BCUT2D eigenvalue weighted by molar-refractivity contribution is 5.81. The molecule has 0 unspecified atom stereocenters. The Morgan fingerprint density at radius 2 is 2.33 bits per heavy atom. The number of tetrazole rings is 1. The van der Waals surface area contributed by atoms with Crippen molar-refractivity contribution >= 4 is 12.0 Å². The van der Waals surface area contributed by atoms with Crippen LogP contribution in [0.3, 0.4) is 0 Å². The number of nitrogens with zero attached hydrogens (tertiary/aromatic N) is 3. The number of aliphatic carboxylic acids is 1. The van der Waals surface area contributed by atoms with Crippen molar-refractivity contribution in [3.63, 3.8) is 0 Å². The van der Waals surface area contributed by atoms with Crippen LogP contribution in [-0.2, 0) is 11.3 Å². The Hall–Kier alpha value is -2.19. The standard InChI is InChI=1S/C6H10N6O3/c1-3(5(13)14)8-6(15)7-2-4-9-11-12-10-4/h3H,2H2,1H3,(H,13,14)(H2,7,8,15)(H,9,10,11,12)/t3-/m1/s1. The Bertz CT molecular complexity index is 337. The smallest absolute Gasteiger partial charge is 0.325 e. The number of H-pyrrole nitrogens is 1. The fourth-order valence-corrected chi connectivity index (χ4v) is 0.726. The molecule has 0 aliphatic carbocycles. The maximum atomic E-state index is 11.1. The summed E-state index contributed by atoms with van der Waals surface area (Å²) in [6.07, 6.45) is 0. The molecule has 0 spiro atoms. The summed E-state index contributed by atoms with van der Waals surface area (Å²) in [6, 6.07) is -1.55. The first-order valence-electron chi connectivity index (χ1n) is 4.09. The molecule has 0 fully saturated rings. The number of rotatable bonds is 4. The Morgan fingerprint density at radius 3 is 2.87 bits per heavy atom. The van der Waals surface area contributed by atoms with Gasteiger partial charge in [-0.1, -0.05) is 5.21 Å². The number of urea groups is 1. The van der Waals surface area contributed by atoms with Gasteiger partial charge in [-0.3, -0.25) is 4.79 Å². The third kappa shape index (κ3) is 3.58. The lowest BCUT2D eigenvalue weighted by Crippen LogP contribution is -2.44. The molecule has 15 heavy (non-hydrogen) atoms. The van der Waals surface area contributed by atoms with E-state index in [2.05, 4.69) is 31.3 Å². The van der Waals surface area contributed by atoms with Crippen LogP contribution in [0.25, 0.3) is 0 Å². The molecule has 9 nitrogen and oxygen atoms in total. The van der Waals surface area contributed by atoms with E-state index in [1.54, 1.807) is 0 Å². The number of aromatic nitrogens is 4. The number of aromatic amines is 1. The predicted octanol–water partition coefficient (Wildman–Crippen LogP) is -1.53.